The quantitative estimate of drug-likeness (QED) is 0.666. The van der Waals surface area contributed by atoms with Gasteiger partial charge in [-0.25, -0.2) is 0 Å². The smallest absolute Gasteiger partial charge is 0.0942 e. The van der Waals surface area contributed by atoms with Crippen LogP contribution in [0.1, 0.15) is 13.8 Å². The Kier molecular flexibility index (Phi) is 5.66. The Morgan fingerprint density at radius 1 is 1.31 bits per heavy atom. The highest BCUT2D eigenvalue weighted by atomic mass is 32.2. The lowest BCUT2D eigenvalue weighted by atomic mass is 10.3. The fourth-order valence-corrected chi connectivity index (χ4v) is 2.19. The minimum atomic E-state index is -0.711. The predicted molar refractivity (Wildman–Crippen MR) is 69.0 cm³/mol. The van der Waals surface area contributed by atoms with Gasteiger partial charge in [-0.3, -0.25) is 0 Å². The summed E-state index contributed by atoms with van der Waals surface area (Å²) < 4.78 is 0. The molecule has 0 fully saturated rings. The molecule has 0 spiro atoms. The molecule has 3 N–H and O–H groups in total. The first-order chi connectivity index (χ1) is 7.63. The number of benzene rings is 1. The predicted octanol–water partition coefficient (Wildman–Crippen LogP) is 1.95. The third kappa shape index (κ3) is 4.43. The monoisotopic (exact) mass is 241 g/mol. The van der Waals surface area contributed by atoms with E-state index in [1.54, 1.807) is 11.8 Å². The SMILES string of the molecule is CC(C)Sc1ccccc1NCC(O)CO. The molecule has 0 aliphatic heterocycles. The number of hydrogen-bond donors (Lipinski definition) is 3. The third-order valence-corrected chi connectivity index (χ3v) is 3.07. The summed E-state index contributed by atoms with van der Waals surface area (Å²) in [5.41, 5.74) is 1.01. The van der Waals surface area contributed by atoms with Crippen molar-refractivity contribution in [1.29, 1.82) is 0 Å². The standard InChI is InChI=1S/C12H19NO2S/c1-9(2)16-12-6-4-3-5-11(12)13-7-10(15)8-14/h3-6,9-10,13-15H,7-8H2,1-2H3. The van der Waals surface area contributed by atoms with Gasteiger partial charge in [0.1, 0.15) is 0 Å². The van der Waals surface area contributed by atoms with Crippen LogP contribution >= 0.6 is 11.8 Å². The van der Waals surface area contributed by atoms with Crippen LogP contribution in [0.5, 0.6) is 0 Å². The second kappa shape index (κ2) is 6.78. The van der Waals surface area contributed by atoms with Crippen LogP contribution in [0.25, 0.3) is 0 Å². The van der Waals surface area contributed by atoms with Crippen LogP contribution in [-0.4, -0.2) is 34.7 Å². The topological polar surface area (TPSA) is 52.5 Å². The minimum Gasteiger partial charge on any atom is -0.394 e. The molecule has 16 heavy (non-hydrogen) atoms. The first-order valence-electron chi connectivity index (χ1n) is 5.42. The zero-order chi connectivity index (χ0) is 12.0. The van der Waals surface area contributed by atoms with Gasteiger partial charge >= 0.3 is 0 Å². The van der Waals surface area contributed by atoms with Crippen LogP contribution in [0.4, 0.5) is 5.69 Å². The van der Waals surface area contributed by atoms with E-state index >= 15 is 0 Å². The molecule has 0 radical (unpaired) electrons. The normalized spacial score (nSPS) is 12.8. The van der Waals surface area contributed by atoms with E-state index in [0.717, 1.165) is 5.69 Å². The highest BCUT2D eigenvalue weighted by Gasteiger charge is 2.06. The molecule has 0 saturated heterocycles. The van der Waals surface area contributed by atoms with E-state index in [0.29, 0.717) is 11.8 Å². The Morgan fingerprint density at radius 2 is 2.00 bits per heavy atom. The molecule has 4 heteroatoms. The van der Waals surface area contributed by atoms with E-state index < -0.39 is 6.10 Å². The lowest BCUT2D eigenvalue weighted by Gasteiger charge is -2.14. The number of aliphatic hydroxyl groups excluding tert-OH is 2. The number of rotatable bonds is 6. The molecule has 1 unspecified atom stereocenters. The summed E-state index contributed by atoms with van der Waals surface area (Å²) in [7, 11) is 0. The summed E-state index contributed by atoms with van der Waals surface area (Å²) >= 11 is 1.78. The Hall–Kier alpha value is -0.710. The highest BCUT2D eigenvalue weighted by Crippen LogP contribution is 2.29. The molecule has 0 amide bonds. The van der Waals surface area contributed by atoms with Gasteiger partial charge in [-0.15, -0.1) is 11.8 Å². The van der Waals surface area contributed by atoms with Crippen LogP contribution in [0.2, 0.25) is 0 Å². The van der Waals surface area contributed by atoms with E-state index in [1.807, 2.05) is 18.2 Å². The molecule has 1 aromatic rings. The van der Waals surface area contributed by atoms with Gasteiger partial charge in [0.15, 0.2) is 0 Å². The van der Waals surface area contributed by atoms with Gasteiger partial charge in [0.2, 0.25) is 0 Å². The lowest BCUT2D eigenvalue weighted by Crippen LogP contribution is -2.23. The van der Waals surface area contributed by atoms with Crippen molar-refractivity contribution in [2.45, 2.75) is 30.1 Å². The average Bonchev–Trinajstić information content (AvgIpc) is 2.26. The van der Waals surface area contributed by atoms with Crippen LogP contribution in [0.3, 0.4) is 0 Å². The van der Waals surface area contributed by atoms with Gasteiger partial charge in [0.05, 0.1) is 12.7 Å². The molecule has 0 heterocycles. The van der Waals surface area contributed by atoms with E-state index in [-0.39, 0.29) is 6.61 Å². The first kappa shape index (κ1) is 13.4. The van der Waals surface area contributed by atoms with Crippen molar-refractivity contribution in [2.24, 2.45) is 0 Å². The molecule has 1 rings (SSSR count). The summed E-state index contributed by atoms with van der Waals surface area (Å²) in [6.07, 6.45) is -0.711. The van der Waals surface area contributed by atoms with E-state index in [9.17, 15) is 5.11 Å². The van der Waals surface area contributed by atoms with Crippen LogP contribution in [0.15, 0.2) is 29.2 Å². The lowest BCUT2D eigenvalue weighted by molar-refractivity contribution is 0.105. The van der Waals surface area contributed by atoms with E-state index in [1.165, 1.54) is 4.90 Å². The van der Waals surface area contributed by atoms with E-state index in [4.69, 9.17) is 5.11 Å². The van der Waals surface area contributed by atoms with Crippen molar-refractivity contribution in [2.75, 3.05) is 18.5 Å². The Morgan fingerprint density at radius 3 is 2.62 bits per heavy atom. The second-order valence-corrected chi connectivity index (χ2v) is 5.50. The highest BCUT2D eigenvalue weighted by molar-refractivity contribution is 8.00. The molecule has 3 nitrogen and oxygen atoms in total. The maximum Gasteiger partial charge on any atom is 0.0942 e. The van der Waals surface area contributed by atoms with Crippen molar-refractivity contribution in [1.82, 2.24) is 0 Å². The summed E-state index contributed by atoms with van der Waals surface area (Å²) in [6.45, 7) is 4.44. The molecular formula is C12H19NO2S. The first-order valence-corrected chi connectivity index (χ1v) is 6.30. The van der Waals surface area contributed by atoms with Crippen molar-refractivity contribution < 1.29 is 10.2 Å². The molecular weight excluding hydrogens is 222 g/mol. The van der Waals surface area contributed by atoms with Gasteiger partial charge in [0.25, 0.3) is 0 Å². The van der Waals surface area contributed by atoms with E-state index in [2.05, 4.69) is 25.2 Å². The zero-order valence-electron chi connectivity index (χ0n) is 9.68. The van der Waals surface area contributed by atoms with Gasteiger partial charge in [0, 0.05) is 22.4 Å². The molecule has 1 atom stereocenters. The molecule has 0 saturated carbocycles. The molecule has 0 aliphatic carbocycles. The van der Waals surface area contributed by atoms with Crippen LogP contribution < -0.4 is 5.32 Å². The van der Waals surface area contributed by atoms with Crippen molar-refractivity contribution in [3.05, 3.63) is 24.3 Å². The molecule has 1 aromatic carbocycles. The Bertz CT molecular complexity index is 318. The molecule has 0 aromatic heterocycles. The number of anilines is 1. The fraction of sp³-hybridized carbons (Fsp3) is 0.500. The summed E-state index contributed by atoms with van der Waals surface area (Å²) in [6, 6.07) is 7.99. The number of thioether (sulfide) groups is 1. The van der Waals surface area contributed by atoms with Crippen LogP contribution in [0, 0.1) is 0 Å². The Balaban J connectivity index is 2.63. The number of nitrogens with one attached hydrogen (secondary N) is 1. The fourth-order valence-electron chi connectivity index (χ4n) is 1.26. The maximum absolute atomic E-state index is 9.27. The van der Waals surface area contributed by atoms with Gasteiger partial charge in [-0.2, -0.15) is 0 Å². The van der Waals surface area contributed by atoms with Gasteiger partial charge in [-0.1, -0.05) is 26.0 Å². The molecule has 0 bridgehead atoms. The van der Waals surface area contributed by atoms with Crippen molar-refractivity contribution >= 4 is 17.4 Å². The van der Waals surface area contributed by atoms with Crippen LogP contribution in [-0.2, 0) is 0 Å². The van der Waals surface area contributed by atoms with Gasteiger partial charge < -0.3 is 15.5 Å². The molecule has 0 aliphatic rings. The van der Waals surface area contributed by atoms with Gasteiger partial charge in [-0.05, 0) is 12.1 Å². The van der Waals surface area contributed by atoms with Crippen molar-refractivity contribution in [3.8, 4) is 0 Å². The zero-order valence-corrected chi connectivity index (χ0v) is 10.5. The number of hydrogen-bond acceptors (Lipinski definition) is 4. The number of aliphatic hydroxyl groups is 2. The maximum atomic E-state index is 9.27. The summed E-state index contributed by atoms with van der Waals surface area (Å²) in [5, 5.41) is 21.7. The largest absolute Gasteiger partial charge is 0.394 e. The Labute approximate surface area is 101 Å². The average molecular weight is 241 g/mol. The number of para-hydroxylation sites is 1. The van der Waals surface area contributed by atoms with Crippen molar-refractivity contribution in [3.63, 3.8) is 0 Å². The summed E-state index contributed by atoms with van der Waals surface area (Å²) in [4.78, 5) is 1.17. The second-order valence-electron chi connectivity index (χ2n) is 3.88. The minimum absolute atomic E-state index is 0.216. The summed E-state index contributed by atoms with van der Waals surface area (Å²) in [5.74, 6) is 0. The third-order valence-electron chi connectivity index (χ3n) is 1.99. The molecule has 90 valence electrons.